The summed E-state index contributed by atoms with van der Waals surface area (Å²) in [6, 6.07) is 11.1. The number of para-hydroxylation sites is 2. The number of nitrogens with one attached hydrogen (secondary N) is 1. The van der Waals surface area contributed by atoms with E-state index in [9.17, 15) is 4.79 Å². The van der Waals surface area contributed by atoms with E-state index < -0.39 is 0 Å². The average Bonchev–Trinajstić information content (AvgIpc) is 2.47. The molecule has 2 aromatic heterocycles. The molecule has 3 N–H and O–H groups in total. The van der Waals surface area contributed by atoms with E-state index in [-0.39, 0.29) is 5.56 Å². The number of benzene rings is 1. The van der Waals surface area contributed by atoms with Crippen LogP contribution in [0.4, 0.5) is 5.69 Å². The standard InChI is InChI=1S/C14H12N4OS/c15-9-5-6-13(16-7-9)20-8-12-14(19)18-11-4-2-1-3-10(11)17-12/h1-7H,8,15H2,(H,18,19). The van der Waals surface area contributed by atoms with E-state index in [0.29, 0.717) is 17.1 Å². The van der Waals surface area contributed by atoms with Gasteiger partial charge in [0.15, 0.2) is 0 Å². The molecule has 0 saturated heterocycles. The minimum Gasteiger partial charge on any atom is -0.397 e. The van der Waals surface area contributed by atoms with Crippen LogP contribution >= 0.6 is 11.8 Å². The van der Waals surface area contributed by atoms with E-state index >= 15 is 0 Å². The van der Waals surface area contributed by atoms with Crippen molar-refractivity contribution < 1.29 is 0 Å². The molecule has 0 unspecified atom stereocenters. The Morgan fingerprint density at radius 2 is 2.05 bits per heavy atom. The van der Waals surface area contributed by atoms with E-state index in [4.69, 9.17) is 5.73 Å². The van der Waals surface area contributed by atoms with E-state index in [2.05, 4.69) is 15.0 Å². The molecule has 0 bridgehead atoms. The number of rotatable bonds is 3. The lowest BCUT2D eigenvalue weighted by molar-refractivity contribution is 1.09. The molecule has 100 valence electrons. The van der Waals surface area contributed by atoms with Crippen LogP contribution in [-0.4, -0.2) is 15.0 Å². The number of aromatic amines is 1. The predicted octanol–water partition coefficient (Wildman–Crippen LogP) is 2.19. The van der Waals surface area contributed by atoms with Crippen LogP contribution in [0, 0.1) is 0 Å². The molecule has 2 heterocycles. The minimum absolute atomic E-state index is 0.161. The first-order valence-corrected chi connectivity index (χ1v) is 7.03. The maximum Gasteiger partial charge on any atom is 0.271 e. The highest BCUT2D eigenvalue weighted by Gasteiger charge is 2.06. The molecule has 0 radical (unpaired) electrons. The number of thioether (sulfide) groups is 1. The summed E-state index contributed by atoms with van der Waals surface area (Å²) >= 11 is 1.46. The Balaban J connectivity index is 1.85. The van der Waals surface area contributed by atoms with Crippen molar-refractivity contribution in [3.05, 3.63) is 58.6 Å². The van der Waals surface area contributed by atoms with Crippen molar-refractivity contribution in [3.8, 4) is 0 Å². The van der Waals surface area contributed by atoms with Gasteiger partial charge in [0.2, 0.25) is 0 Å². The number of fused-ring (bicyclic) bond motifs is 1. The average molecular weight is 284 g/mol. The summed E-state index contributed by atoms with van der Waals surface area (Å²) in [7, 11) is 0. The van der Waals surface area contributed by atoms with Crippen molar-refractivity contribution in [1.82, 2.24) is 15.0 Å². The molecule has 0 saturated carbocycles. The van der Waals surface area contributed by atoms with Gasteiger partial charge in [0.1, 0.15) is 5.69 Å². The molecule has 0 aliphatic rings. The molecule has 5 nitrogen and oxygen atoms in total. The Morgan fingerprint density at radius 3 is 2.85 bits per heavy atom. The van der Waals surface area contributed by atoms with Crippen LogP contribution in [-0.2, 0) is 5.75 Å². The molecule has 1 aromatic carbocycles. The summed E-state index contributed by atoms with van der Waals surface area (Å²) in [6.07, 6.45) is 1.60. The quantitative estimate of drug-likeness (QED) is 0.720. The first-order chi connectivity index (χ1) is 9.72. The second-order valence-corrected chi connectivity index (χ2v) is 5.24. The lowest BCUT2D eigenvalue weighted by atomic mass is 10.3. The first-order valence-electron chi connectivity index (χ1n) is 6.04. The van der Waals surface area contributed by atoms with E-state index in [0.717, 1.165) is 16.1 Å². The summed E-state index contributed by atoms with van der Waals surface area (Å²) < 4.78 is 0. The van der Waals surface area contributed by atoms with Gasteiger partial charge >= 0.3 is 0 Å². The molecule has 3 aromatic rings. The van der Waals surface area contributed by atoms with Crippen LogP contribution in [0.1, 0.15) is 5.69 Å². The Kier molecular flexibility index (Phi) is 3.39. The van der Waals surface area contributed by atoms with Gasteiger partial charge in [-0.1, -0.05) is 23.9 Å². The monoisotopic (exact) mass is 284 g/mol. The van der Waals surface area contributed by atoms with Gasteiger partial charge in [-0.15, -0.1) is 0 Å². The third-order valence-electron chi connectivity index (χ3n) is 2.79. The van der Waals surface area contributed by atoms with Gasteiger partial charge in [0.25, 0.3) is 5.56 Å². The normalized spacial score (nSPS) is 10.8. The number of nitrogens with two attached hydrogens (primary N) is 1. The molecule has 20 heavy (non-hydrogen) atoms. The van der Waals surface area contributed by atoms with E-state index in [1.165, 1.54) is 11.8 Å². The zero-order valence-corrected chi connectivity index (χ0v) is 11.4. The Bertz CT molecular complexity index is 798. The van der Waals surface area contributed by atoms with E-state index in [1.807, 2.05) is 30.3 Å². The van der Waals surface area contributed by atoms with Crippen molar-refractivity contribution in [1.29, 1.82) is 0 Å². The highest BCUT2D eigenvalue weighted by Crippen LogP contribution is 2.19. The highest BCUT2D eigenvalue weighted by molar-refractivity contribution is 7.98. The first kappa shape index (κ1) is 12.7. The Morgan fingerprint density at radius 1 is 1.20 bits per heavy atom. The SMILES string of the molecule is Nc1ccc(SCc2nc3ccccc3[nH]c2=O)nc1. The van der Waals surface area contributed by atoms with Gasteiger partial charge in [-0.3, -0.25) is 4.79 Å². The minimum atomic E-state index is -0.161. The molecule has 3 rings (SSSR count). The van der Waals surface area contributed by atoms with Crippen molar-refractivity contribution in [3.63, 3.8) is 0 Å². The number of nitrogen functional groups attached to an aromatic ring is 1. The molecular weight excluding hydrogens is 272 g/mol. The number of H-pyrrole nitrogens is 1. The number of hydrogen-bond acceptors (Lipinski definition) is 5. The van der Waals surface area contributed by atoms with Crippen LogP contribution in [0.5, 0.6) is 0 Å². The summed E-state index contributed by atoms with van der Waals surface area (Å²) in [5.74, 6) is 0.469. The number of pyridine rings is 1. The van der Waals surface area contributed by atoms with Gasteiger partial charge in [-0.25, -0.2) is 9.97 Å². The number of aromatic nitrogens is 3. The van der Waals surface area contributed by atoms with Crippen LogP contribution in [0.2, 0.25) is 0 Å². The summed E-state index contributed by atoms with van der Waals surface area (Å²) in [5.41, 5.74) is 8.07. The van der Waals surface area contributed by atoms with Gasteiger partial charge in [0, 0.05) is 5.75 Å². The van der Waals surface area contributed by atoms with E-state index in [1.54, 1.807) is 12.3 Å². The second-order valence-electron chi connectivity index (χ2n) is 4.25. The number of anilines is 1. The Labute approximate surface area is 119 Å². The third kappa shape index (κ3) is 2.65. The molecule has 0 spiro atoms. The fourth-order valence-electron chi connectivity index (χ4n) is 1.78. The zero-order valence-electron chi connectivity index (χ0n) is 10.5. The topological polar surface area (TPSA) is 84.7 Å². The summed E-state index contributed by atoms with van der Waals surface area (Å²) in [5, 5.41) is 0.813. The molecule has 0 aliphatic heterocycles. The zero-order chi connectivity index (χ0) is 13.9. The lowest BCUT2D eigenvalue weighted by Crippen LogP contribution is -2.14. The maximum absolute atomic E-state index is 11.9. The number of hydrogen-bond donors (Lipinski definition) is 2. The number of nitrogens with zero attached hydrogens (tertiary/aromatic N) is 2. The summed E-state index contributed by atoms with van der Waals surface area (Å²) in [4.78, 5) is 23.3. The fourth-order valence-corrected chi connectivity index (χ4v) is 2.56. The van der Waals surface area contributed by atoms with Crippen LogP contribution in [0.3, 0.4) is 0 Å². The maximum atomic E-state index is 11.9. The molecule has 0 fully saturated rings. The third-order valence-corrected chi connectivity index (χ3v) is 3.74. The molecule has 0 atom stereocenters. The highest BCUT2D eigenvalue weighted by atomic mass is 32.2. The van der Waals surface area contributed by atoms with Gasteiger partial charge in [-0.05, 0) is 24.3 Å². The van der Waals surface area contributed by atoms with Gasteiger partial charge < -0.3 is 10.7 Å². The van der Waals surface area contributed by atoms with Crippen molar-refractivity contribution in [2.24, 2.45) is 0 Å². The molecule has 0 amide bonds. The fraction of sp³-hybridized carbons (Fsp3) is 0.0714. The lowest BCUT2D eigenvalue weighted by Gasteiger charge is -2.02. The van der Waals surface area contributed by atoms with Crippen LogP contribution in [0.25, 0.3) is 11.0 Å². The van der Waals surface area contributed by atoms with Gasteiger partial charge in [0.05, 0.1) is 27.9 Å². The molecule has 6 heteroatoms. The second kappa shape index (κ2) is 5.34. The molecular formula is C14H12N4OS. The smallest absolute Gasteiger partial charge is 0.271 e. The van der Waals surface area contributed by atoms with Crippen LogP contribution < -0.4 is 11.3 Å². The Hall–Kier alpha value is -2.34. The van der Waals surface area contributed by atoms with Crippen LogP contribution in [0.15, 0.2) is 52.4 Å². The summed E-state index contributed by atoms with van der Waals surface area (Å²) in [6.45, 7) is 0. The van der Waals surface area contributed by atoms with Gasteiger partial charge in [-0.2, -0.15) is 0 Å². The molecule has 0 aliphatic carbocycles. The predicted molar refractivity (Wildman–Crippen MR) is 80.6 cm³/mol. The van der Waals surface area contributed by atoms with Crippen molar-refractivity contribution in [2.75, 3.05) is 5.73 Å². The largest absolute Gasteiger partial charge is 0.397 e. The van der Waals surface area contributed by atoms with Crippen molar-refractivity contribution >= 4 is 28.5 Å². The van der Waals surface area contributed by atoms with Crippen molar-refractivity contribution in [2.45, 2.75) is 10.8 Å².